The second kappa shape index (κ2) is 6.96. The van der Waals surface area contributed by atoms with Crippen LogP contribution in [-0.2, 0) is 4.74 Å². The summed E-state index contributed by atoms with van der Waals surface area (Å²) in [5.74, 6) is 1.58. The van der Waals surface area contributed by atoms with Crippen molar-refractivity contribution >= 4 is 17.8 Å². The van der Waals surface area contributed by atoms with Crippen molar-refractivity contribution < 1.29 is 14.4 Å². The molecule has 0 atom stereocenters. The highest BCUT2D eigenvalue weighted by molar-refractivity contribution is 5.75. The lowest BCUT2D eigenvalue weighted by atomic mass is 9.73. The minimum atomic E-state index is 0.375. The molecule has 2 saturated heterocycles. The van der Waals surface area contributed by atoms with Crippen molar-refractivity contribution in [1.29, 1.82) is 0 Å². The highest BCUT2D eigenvalue weighted by atomic mass is 16.6. The molecule has 0 unspecified atom stereocenters. The van der Waals surface area contributed by atoms with Crippen LogP contribution >= 0.6 is 0 Å². The summed E-state index contributed by atoms with van der Waals surface area (Å²) < 4.78 is 5.49. The fraction of sp³-hybridized carbons (Fsp3) is 0.400. The molecule has 1 spiro atoms. The number of nitrogens with zero attached hydrogens (tertiary/aromatic N) is 2. The number of anilines is 2. The summed E-state index contributed by atoms with van der Waals surface area (Å²) in [5, 5.41) is 0. The van der Waals surface area contributed by atoms with Gasteiger partial charge in [-0.3, -0.25) is 4.79 Å². The first kappa shape index (κ1) is 16.8. The van der Waals surface area contributed by atoms with Crippen molar-refractivity contribution in [2.75, 3.05) is 36.7 Å². The van der Waals surface area contributed by atoms with Gasteiger partial charge in [-0.1, -0.05) is 0 Å². The number of hydrogen-bond donors (Lipinski definition) is 1. The molecule has 2 fully saturated rings. The molecule has 3 heterocycles. The van der Waals surface area contributed by atoms with Gasteiger partial charge in [0.05, 0.1) is 5.69 Å². The van der Waals surface area contributed by atoms with E-state index in [1.165, 1.54) is 0 Å². The molecular weight excluding hydrogens is 330 g/mol. The molecule has 2 aliphatic rings. The van der Waals surface area contributed by atoms with E-state index in [9.17, 15) is 4.79 Å². The standard InChI is InChI=1S/C20H23N3O3/c1-15-10-18(26-22-17-4-2-16(12-24)3-5-17)19(21-11-15)23-13-20(14-23)6-8-25-9-7-20/h2-5,10-12,22H,6-9,13-14H2,1H3. The van der Waals surface area contributed by atoms with E-state index >= 15 is 0 Å². The second-order valence-corrected chi connectivity index (χ2v) is 7.25. The highest BCUT2D eigenvalue weighted by Gasteiger charge is 2.45. The molecule has 0 aliphatic carbocycles. The highest BCUT2D eigenvalue weighted by Crippen LogP contribution is 2.43. The zero-order valence-electron chi connectivity index (χ0n) is 14.9. The number of aryl methyl sites for hydroxylation is 1. The van der Waals surface area contributed by atoms with Crippen molar-refractivity contribution in [3.63, 3.8) is 0 Å². The molecule has 0 saturated carbocycles. The maximum atomic E-state index is 10.7. The topological polar surface area (TPSA) is 63.7 Å². The number of benzene rings is 1. The average Bonchev–Trinajstić information content (AvgIpc) is 2.66. The Kier molecular flexibility index (Phi) is 4.51. The van der Waals surface area contributed by atoms with Gasteiger partial charge in [0.2, 0.25) is 0 Å². The van der Waals surface area contributed by atoms with E-state index in [4.69, 9.17) is 9.57 Å². The summed E-state index contributed by atoms with van der Waals surface area (Å²) in [6, 6.07) is 9.11. The van der Waals surface area contributed by atoms with Gasteiger partial charge in [0.15, 0.2) is 11.6 Å². The molecule has 136 valence electrons. The molecular formula is C20H23N3O3. The van der Waals surface area contributed by atoms with E-state index in [1.807, 2.05) is 31.3 Å². The predicted octanol–water partition coefficient (Wildman–Crippen LogP) is 3.23. The number of aldehydes is 1. The van der Waals surface area contributed by atoms with Crippen LogP contribution in [0.5, 0.6) is 5.75 Å². The van der Waals surface area contributed by atoms with Crippen molar-refractivity contribution in [2.45, 2.75) is 19.8 Å². The van der Waals surface area contributed by atoms with Gasteiger partial charge in [0.25, 0.3) is 0 Å². The van der Waals surface area contributed by atoms with E-state index < -0.39 is 0 Å². The Morgan fingerprint density at radius 3 is 2.65 bits per heavy atom. The fourth-order valence-electron chi connectivity index (χ4n) is 3.63. The van der Waals surface area contributed by atoms with Gasteiger partial charge in [0.1, 0.15) is 6.29 Å². The van der Waals surface area contributed by atoms with Gasteiger partial charge in [-0.15, -0.1) is 0 Å². The van der Waals surface area contributed by atoms with Crippen molar-refractivity contribution in [3.8, 4) is 5.75 Å². The Balaban J connectivity index is 1.45. The monoisotopic (exact) mass is 353 g/mol. The van der Waals surface area contributed by atoms with E-state index in [-0.39, 0.29) is 0 Å². The molecule has 6 heteroatoms. The van der Waals surface area contributed by atoms with E-state index in [1.54, 1.807) is 12.1 Å². The Labute approximate surface area is 153 Å². The second-order valence-electron chi connectivity index (χ2n) is 7.25. The zero-order valence-corrected chi connectivity index (χ0v) is 14.9. The van der Waals surface area contributed by atoms with Crippen LogP contribution in [0.2, 0.25) is 0 Å². The molecule has 0 bridgehead atoms. The molecule has 26 heavy (non-hydrogen) atoms. The molecule has 0 amide bonds. The summed E-state index contributed by atoms with van der Waals surface area (Å²) >= 11 is 0. The first-order valence-electron chi connectivity index (χ1n) is 8.95. The first-order chi connectivity index (χ1) is 12.7. The van der Waals surface area contributed by atoms with Gasteiger partial charge >= 0.3 is 0 Å². The molecule has 0 radical (unpaired) electrons. The lowest BCUT2D eigenvalue weighted by molar-refractivity contribution is -0.000588. The normalized spacial score (nSPS) is 18.3. The fourth-order valence-corrected chi connectivity index (χ4v) is 3.63. The maximum absolute atomic E-state index is 10.7. The lowest BCUT2D eigenvalue weighted by Crippen LogP contribution is -2.59. The third-order valence-electron chi connectivity index (χ3n) is 5.20. The summed E-state index contributed by atoms with van der Waals surface area (Å²) in [6.45, 7) is 5.71. The molecule has 2 aliphatic heterocycles. The minimum Gasteiger partial charge on any atom is -0.381 e. The van der Waals surface area contributed by atoms with Crippen LogP contribution in [-0.4, -0.2) is 37.6 Å². The lowest BCUT2D eigenvalue weighted by Gasteiger charge is -2.52. The van der Waals surface area contributed by atoms with Crippen LogP contribution in [0.1, 0.15) is 28.8 Å². The summed E-state index contributed by atoms with van der Waals surface area (Å²) in [4.78, 5) is 23.5. The maximum Gasteiger partial charge on any atom is 0.197 e. The van der Waals surface area contributed by atoms with E-state index in [0.29, 0.717) is 16.7 Å². The number of nitrogens with one attached hydrogen (secondary N) is 1. The Bertz CT molecular complexity index is 777. The minimum absolute atomic E-state index is 0.375. The molecule has 1 aromatic carbocycles. The third-order valence-corrected chi connectivity index (χ3v) is 5.20. The largest absolute Gasteiger partial charge is 0.381 e. The van der Waals surface area contributed by atoms with Crippen molar-refractivity contribution in [1.82, 2.24) is 4.98 Å². The van der Waals surface area contributed by atoms with Gasteiger partial charge in [-0.25, -0.2) is 10.5 Å². The quantitative estimate of drug-likeness (QED) is 0.658. The van der Waals surface area contributed by atoms with Gasteiger partial charge < -0.3 is 14.5 Å². The van der Waals surface area contributed by atoms with E-state index in [0.717, 1.165) is 62.5 Å². The number of aromatic nitrogens is 1. The van der Waals surface area contributed by atoms with Gasteiger partial charge in [0, 0.05) is 43.5 Å². The number of carbonyl (C=O) groups is 1. The molecule has 1 N–H and O–H groups in total. The summed E-state index contributed by atoms with van der Waals surface area (Å²) in [6.07, 6.45) is 4.93. The number of ether oxygens (including phenoxy) is 1. The Morgan fingerprint density at radius 1 is 1.23 bits per heavy atom. The Hall–Kier alpha value is -2.60. The first-order valence-corrected chi connectivity index (χ1v) is 8.95. The van der Waals surface area contributed by atoms with Gasteiger partial charge in [-0.05, 0) is 55.7 Å². The number of carbonyl (C=O) groups excluding carboxylic acids is 1. The van der Waals surface area contributed by atoms with Crippen molar-refractivity contribution in [2.24, 2.45) is 5.41 Å². The molecule has 4 rings (SSSR count). The molecule has 6 nitrogen and oxygen atoms in total. The van der Waals surface area contributed by atoms with Crippen molar-refractivity contribution in [3.05, 3.63) is 47.7 Å². The predicted molar refractivity (Wildman–Crippen MR) is 99.8 cm³/mol. The molecule has 1 aromatic heterocycles. The summed E-state index contributed by atoms with van der Waals surface area (Å²) in [5.41, 5.74) is 5.79. The van der Waals surface area contributed by atoms with Crippen LogP contribution < -0.4 is 15.2 Å². The van der Waals surface area contributed by atoms with Crippen LogP contribution in [0, 0.1) is 12.3 Å². The van der Waals surface area contributed by atoms with Gasteiger partial charge in [-0.2, -0.15) is 0 Å². The smallest absolute Gasteiger partial charge is 0.197 e. The summed E-state index contributed by atoms with van der Waals surface area (Å²) in [7, 11) is 0. The Morgan fingerprint density at radius 2 is 1.96 bits per heavy atom. The number of hydrogen-bond acceptors (Lipinski definition) is 6. The van der Waals surface area contributed by atoms with Crippen LogP contribution in [0.3, 0.4) is 0 Å². The van der Waals surface area contributed by atoms with E-state index in [2.05, 4.69) is 15.4 Å². The third kappa shape index (κ3) is 3.37. The molecule has 2 aromatic rings. The average molecular weight is 353 g/mol. The SMILES string of the molecule is Cc1cnc(N2CC3(CCOCC3)C2)c(ONc2ccc(C=O)cc2)c1. The van der Waals surface area contributed by atoms with Crippen LogP contribution in [0.4, 0.5) is 11.5 Å². The van der Waals surface area contributed by atoms with Crippen LogP contribution in [0.25, 0.3) is 0 Å². The van der Waals surface area contributed by atoms with Crippen LogP contribution in [0.15, 0.2) is 36.5 Å². The zero-order chi connectivity index (χ0) is 18.0. The number of rotatable bonds is 5. The number of pyridine rings is 1.